The van der Waals surface area contributed by atoms with E-state index in [1.807, 2.05) is 18.2 Å². The zero-order valence-corrected chi connectivity index (χ0v) is 28.6. The van der Waals surface area contributed by atoms with Crippen molar-refractivity contribution in [1.82, 2.24) is 0 Å². The number of ether oxygens (including phenoxy) is 4. The molecule has 0 N–H and O–H groups in total. The third-order valence-corrected chi connectivity index (χ3v) is 9.12. The van der Waals surface area contributed by atoms with Gasteiger partial charge >= 0.3 is 11.9 Å². The van der Waals surface area contributed by atoms with Crippen LogP contribution in [0, 0.1) is 5.92 Å². The molecule has 0 unspecified atom stereocenters. The highest BCUT2D eigenvalue weighted by Gasteiger charge is 2.25. The lowest BCUT2D eigenvalue weighted by atomic mass is 9.75. The molecule has 1 aliphatic rings. The Morgan fingerprint density at radius 3 is 1.87 bits per heavy atom. The number of aryl methyl sites for hydroxylation is 1. The van der Waals surface area contributed by atoms with Crippen molar-refractivity contribution >= 4 is 11.9 Å². The number of carbonyl (C=O) groups excluding carboxylic acids is 2. The second kappa shape index (κ2) is 17.8. The topological polar surface area (TPSA) is 71.1 Å². The van der Waals surface area contributed by atoms with Crippen LogP contribution in [-0.4, -0.2) is 39.4 Å². The van der Waals surface area contributed by atoms with E-state index in [2.05, 4.69) is 57.3 Å². The number of benzene rings is 3. The number of unbranched alkanes of at least 4 members (excludes halogenated alkanes) is 2. The van der Waals surface area contributed by atoms with E-state index in [4.69, 9.17) is 18.9 Å². The lowest BCUT2D eigenvalue weighted by Gasteiger charge is -2.30. The highest BCUT2D eigenvalue weighted by atomic mass is 16.5. The average molecular weight is 639 g/mol. The maximum atomic E-state index is 12.7. The zero-order chi connectivity index (χ0) is 33.8. The fourth-order valence-electron chi connectivity index (χ4n) is 6.51. The molecule has 0 atom stereocenters. The molecule has 0 aliphatic heterocycles. The average Bonchev–Trinajstić information content (AvgIpc) is 3.09. The smallest absolute Gasteiger partial charge is 0.341 e. The van der Waals surface area contributed by atoms with E-state index in [1.54, 1.807) is 12.1 Å². The van der Waals surface area contributed by atoms with Gasteiger partial charge in [-0.1, -0.05) is 89.1 Å². The monoisotopic (exact) mass is 638 g/mol. The molecule has 250 valence electrons. The molecule has 0 spiro atoms. The Balaban J connectivity index is 1.61. The van der Waals surface area contributed by atoms with E-state index >= 15 is 0 Å². The summed E-state index contributed by atoms with van der Waals surface area (Å²) in [5.74, 6) is 1.22. The predicted molar refractivity (Wildman–Crippen MR) is 189 cm³/mol. The molecule has 0 saturated heterocycles. The Hall–Kier alpha value is -4.00. The van der Waals surface area contributed by atoms with Crippen LogP contribution < -0.4 is 9.47 Å². The first-order valence-electron chi connectivity index (χ1n) is 16.9. The number of esters is 2. The van der Waals surface area contributed by atoms with Crippen LogP contribution in [0.25, 0.3) is 22.3 Å². The normalized spacial score (nSPS) is 16.0. The summed E-state index contributed by atoms with van der Waals surface area (Å²) in [7, 11) is 3.05. The first-order valence-corrected chi connectivity index (χ1v) is 16.9. The minimum atomic E-state index is -0.500. The molecule has 3 aromatic rings. The second-order valence-electron chi connectivity index (χ2n) is 12.6. The lowest BCUT2D eigenvalue weighted by Crippen LogP contribution is -2.16. The van der Waals surface area contributed by atoms with Gasteiger partial charge in [0.25, 0.3) is 0 Å². The highest BCUT2D eigenvalue weighted by Crippen LogP contribution is 2.43. The Morgan fingerprint density at radius 1 is 0.702 bits per heavy atom. The van der Waals surface area contributed by atoms with Crippen LogP contribution in [0.15, 0.2) is 85.0 Å². The van der Waals surface area contributed by atoms with Gasteiger partial charge in [-0.05, 0) is 102 Å². The van der Waals surface area contributed by atoms with Gasteiger partial charge in [0.1, 0.15) is 11.5 Å². The summed E-state index contributed by atoms with van der Waals surface area (Å²) < 4.78 is 21.3. The van der Waals surface area contributed by atoms with Gasteiger partial charge in [0.2, 0.25) is 0 Å². The second-order valence-corrected chi connectivity index (χ2v) is 12.6. The van der Waals surface area contributed by atoms with Crippen molar-refractivity contribution in [3.63, 3.8) is 0 Å². The maximum absolute atomic E-state index is 12.7. The highest BCUT2D eigenvalue weighted by molar-refractivity contribution is 5.90. The number of carbonyl (C=O) groups is 2. The van der Waals surface area contributed by atoms with Crippen LogP contribution >= 0.6 is 0 Å². The summed E-state index contributed by atoms with van der Waals surface area (Å²) in [6.45, 7) is 12.2. The Kier molecular flexibility index (Phi) is 13.6. The van der Waals surface area contributed by atoms with Crippen LogP contribution in [0.2, 0.25) is 0 Å². The molecule has 0 bridgehead atoms. The summed E-state index contributed by atoms with van der Waals surface area (Å²) in [6.07, 6.45) is 10.8. The summed E-state index contributed by atoms with van der Waals surface area (Å²) in [6, 6.07) is 20.2. The number of rotatable bonds is 16. The lowest BCUT2D eigenvalue weighted by molar-refractivity contribution is -0.131. The molecular weight excluding hydrogens is 588 g/mol. The van der Waals surface area contributed by atoms with Crippen molar-refractivity contribution in [3.05, 3.63) is 96.1 Å². The van der Waals surface area contributed by atoms with Crippen molar-refractivity contribution < 1.29 is 28.5 Å². The predicted octanol–water partition coefficient (Wildman–Crippen LogP) is 9.65. The molecule has 0 amide bonds. The first-order chi connectivity index (χ1) is 22.8. The van der Waals surface area contributed by atoms with Gasteiger partial charge in [0.05, 0.1) is 24.4 Å². The molecule has 1 aliphatic carbocycles. The van der Waals surface area contributed by atoms with Gasteiger partial charge in [0, 0.05) is 14.2 Å². The SMILES string of the molecule is C=C(COC)C(=O)Oc1ccc(-c2ccc(-c3ccc(OC(=O)C(=C)COC)cc3C3CCC(CCCCC)CC3)cc2CC)cc1. The van der Waals surface area contributed by atoms with Crippen molar-refractivity contribution in [2.75, 3.05) is 27.4 Å². The molecule has 3 aromatic carbocycles. The largest absolute Gasteiger partial charge is 0.423 e. The number of methoxy groups -OCH3 is 2. The minimum absolute atomic E-state index is 0.128. The van der Waals surface area contributed by atoms with E-state index in [1.165, 1.54) is 69.4 Å². The van der Waals surface area contributed by atoms with Crippen molar-refractivity contribution in [1.29, 1.82) is 0 Å². The fraction of sp³-hybridized carbons (Fsp3) is 0.415. The third-order valence-electron chi connectivity index (χ3n) is 9.12. The maximum Gasteiger partial charge on any atom is 0.341 e. The first kappa shape index (κ1) is 35.8. The molecule has 6 heteroatoms. The summed E-state index contributed by atoms with van der Waals surface area (Å²) >= 11 is 0. The van der Waals surface area contributed by atoms with Crippen LogP contribution in [0.3, 0.4) is 0 Å². The fourth-order valence-corrected chi connectivity index (χ4v) is 6.51. The van der Waals surface area contributed by atoms with Gasteiger partial charge in [-0.2, -0.15) is 0 Å². The van der Waals surface area contributed by atoms with Gasteiger partial charge in [0.15, 0.2) is 0 Å². The quantitative estimate of drug-likeness (QED) is 0.0673. The van der Waals surface area contributed by atoms with Crippen LogP contribution in [0.5, 0.6) is 11.5 Å². The van der Waals surface area contributed by atoms with Crippen molar-refractivity contribution in [2.45, 2.75) is 77.6 Å². The van der Waals surface area contributed by atoms with E-state index in [-0.39, 0.29) is 24.4 Å². The van der Waals surface area contributed by atoms with E-state index in [9.17, 15) is 9.59 Å². The Bertz CT molecular complexity index is 1530. The van der Waals surface area contributed by atoms with Crippen LogP contribution in [-0.2, 0) is 25.5 Å². The summed E-state index contributed by atoms with van der Waals surface area (Å²) in [5, 5.41) is 0. The van der Waals surface area contributed by atoms with E-state index in [0.29, 0.717) is 17.4 Å². The Labute approximate surface area is 280 Å². The number of hydrogen-bond donors (Lipinski definition) is 0. The molecule has 47 heavy (non-hydrogen) atoms. The van der Waals surface area contributed by atoms with E-state index < -0.39 is 11.9 Å². The molecule has 0 aromatic heterocycles. The molecule has 0 radical (unpaired) electrons. The molecule has 1 saturated carbocycles. The van der Waals surface area contributed by atoms with Gasteiger partial charge in [-0.15, -0.1) is 0 Å². The van der Waals surface area contributed by atoms with Crippen molar-refractivity contribution in [2.24, 2.45) is 5.92 Å². The molecule has 6 nitrogen and oxygen atoms in total. The summed E-state index contributed by atoms with van der Waals surface area (Å²) in [5.41, 5.74) is 7.51. The Morgan fingerprint density at radius 2 is 1.28 bits per heavy atom. The minimum Gasteiger partial charge on any atom is -0.423 e. The van der Waals surface area contributed by atoms with Crippen molar-refractivity contribution in [3.8, 4) is 33.8 Å². The molecule has 0 heterocycles. The molecular formula is C41H50O6. The zero-order valence-electron chi connectivity index (χ0n) is 28.6. The third kappa shape index (κ3) is 9.75. The van der Waals surface area contributed by atoms with Crippen LogP contribution in [0.1, 0.15) is 82.3 Å². The van der Waals surface area contributed by atoms with Gasteiger partial charge < -0.3 is 18.9 Å². The standard InChI is InChI=1S/C41H50O6/c1-7-9-10-11-30-12-14-33(15-13-30)39-25-36(47-41(43)29(4)27-45-6)21-23-38(39)34-18-22-37(31(8-2)24-34)32-16-19-35(20-17-32)46-40(42)28(3)26-44-5/h16-25,30,33H,3-4,7-15,26-27H2,1-2,5-6H3. The van der Waals surface area contributed by atoms with Crippen LogP contribution in [0.4, 0.5) is 0 Å². The molecule has 1 fully saturated rings. The van der Waals surface area contributed by atoms with Gasteiger partial charge in [-0.25, -0.2) is 9.59 Å². The van der Waals surface area contributed by atoms with E-state index in [0.717, 1.165) is 41.9 Å². The summed E-state index contributed by atoms with van der Waals surface area (Å²) in [4.78, 5) is 24.9. The molecule has 4 rings (SSSR count). The number of hydrogen-bond acceptors (Lipinski definition) is 6. The van der Waals surface area contributed by atoms with Gasteiger partial charge in [-0.3, -0.25) is 0 Å².